The van der Waals surface area contributed by atoms with Crippen molar-refractivity contribution >= 4 is 12.0 Å². The molecule has 2 fully saturated rings. The highest BCUT2D eigenvalue weighted by atomic mass is 19.4. The van der Waals surface area contributed by atoms with Gasteiger partial charge >= 0.3 is 18.3 Å². The fraction of sp³-hybridized carbons (Fsp3) is 0.591. The van der Waals surface area contributed by atoms with Crippen LogP contribution in [0.25, 0.3) is 0 Å². The van der Waals surface area contributed by atoms with Crippen molar-refractivity contribution in [1.82, 2.24) is 19.7 Å². The van der Waals surface area contributed by atoms with Gasteiger partial charge in [0.1, 0.15) is 23.7 Å². The summed E-state index contributed by atoms with van der Waals surface area (Å²) in [5, 5.41) is 7.11. The zero-order valence-corrected chi connectivity index (χ0v) is 19.1. The molecule has 8 nitrogen and oxygen atoms in total. The van der Waals surface area contributed by atoms with Crippen molar-refractivity contribution in [2.75, 3.05) is 18.4 Å². The van der Waals surface area contributed by atoms with Gasteiger partial charge in [0.15, 0.2) is 0 Å². The van der Waals surface area contributed by atoms with E-state index in [1.165, 1.54) is 18.2 Å². The van der Waals surface area contributed by atoms with Crippen molar-refractivity contribution < 1.29 is 31.8 Å². The number of amides is 1. The molecule has 34 heavy (non-hydrogen) atoms. The van der Waals surface area contributed by atoms with E-state index >= 15 is 0 Å². The maximum absolute atomic E-state index is 13.5. The second-order valence-corrected chi connectivity index (χ2v) is 9.70. The number of aromatic nitrogens is 3. The average molecular weight is 485 g/mol. The maximum Gasteiger partial charge on any atom is 0.410 e. The molecule has 186 valence electrons. The summed E-state index contributed by atoms with van der Waals surface area (Å²) in [7, 11) is 0. The first-order chi connectivity index (χ1) is 15.9. The third-order valence-corrected chi connectivity index (χ3v) is 5.75. The molecule has 1 saturated carbocycles. The lowest BCUT2D eigenvalue weighted by Gasteiger charge is -2.38. The van der Waals surface area contributed by atoms with Crippen LogP contribution >= 0.6 is 0 Å². The maximum atomic E-state index is 13.5. The number of nitrogens with zero attached hydrogens (tertiary/aromatic N) is 4. The molecular formula is C22H27F4N5O3. The fourth-order valence-electron chi connectivity index (χ4n) is 4.46. The van der Waals surface area contributed by atoms with Crippen molar-refractivity contribution in [2.24, 2.45) is 11.8 Å². The van der Waals surface area contributed by atoms with Gasteiger partial charge in [-0.05, 0) is 57.6 Å². The normalized spacial score (nSPS) is 22.6. The minimum Gasteiger partial charge on any atom is -0.444 e. The molecule has 1 saturated heterocycles. The predicted molar refractivity (Wildman–Crippen MR) is 114 cm³/mol. The third-order valence-electron chi connectivity index (χ3n) is 5.75. The Labute approximate surface area is 194 Å². The Morgan fingerprint density at radius 2 is 1.85 bits per heavy atom. The predicted octanol–water partition coefficient (Wildman–Crippen LogP) is 4.83. The van der Waals surface area contributed by atoms with Gasteiger partial charge in [0, 0.05) is 25.2 Å². The number of piperidine rings is 1. The summed E-state index contributed by atoms with van der Waals surface area (Å²) in [5.74, 6) is -0.440. The second-order valence-electron chi connectivity index (χ2n) is 9.70. The molecular weight excluding hydrogens is 458 g/mol. The molecule has 2 heterocycles. The SMILES string of the molecule is CC(C)(C)OC(=O)N1C[C@H]2CC[C@@H](C1)C2Nc1nc(Oc2cccc(F)c2)n(CC(F)(F)F)n1. The highest BCUT2D eigenvalue weighted by molar-refractivity contribution is 5.68. The number of ether oxygens (including phenoxy) is 2. The van der Waals surface area contributed by atoms with Crippen molar-refractivity contribution in [3.05, 3.63) is 30.1 Å². The van der Waals surface area contributed by atoms with Crippen molar-refractivity contribution in [3.63, 3.8) is 0 Å². The standard InChI is InChI=1S/C22H27F4N5O3/c1-21(2,3)34-20(32)30-10-13-7-8-14(11-30)17(13)27-18-28-19(31(29-18)12-22(24,25)26)33-16-6-4-5-15(23)9-16/h4-6,9,13-14,17H,7-8,10-12H2,1-3H3,(H,27,29)/t13-,14+,17?. The molecule has 2 aromatic rings. The number of hydrogen-bond acceptors (Lipinski definition) is 6. The van der Waals surface area contributed by atoms with E-state index in [4.69, 9.17) is 9.47 Å². The van der Waals surface area contributed by atoms with Crippen LogP contribution in [0.3, 0.4) is 0 Å². The van der Waals surface area contributed by atoms with Crippen molar-refractivity contribution in [1.29, 1.82) is 0 Å². The van der Waals surface area contributed by atoms with Gasteiger partial charge in [-0.15, -0.1) is 5.10 Å². The topological polar surface area (TPSA) is 81.5 Å². The minimum absolute atomic E-state index is 0.00751. The molecule has 2 bridgehead atoms. The summed E-state index contributed by atoms with van der Waals surface area (Å²) < 4.78 is 64.2. The molecule has 1 N–H and O–H groups in total. The number of rotatable bonds is 5. The highest BCUT2D eigenvalue weighted by Crippen LogP contribution is 2.39. The van der Waals surface area contributed by atoms with Crippen molar-refractivity contribution in [3.8, 4) is 11.8 Å². The molecule has 1 amide bonds. The van der Waals surface area contributed by atoms with Gasteiger partial charge in [-0.25, -0.2) is 13.9 Å². The fourth-order valence-corrected chi connectivity index (χ4v) is 4.46. The van der Waals surface area contributed by atoms with Gasteiger partial charge in [0.2, 0.25) is 5.95 Å². The van der Waals surface area contributed by atoms with Gasteiger partial charge in [0.05, 0.1) is 0 Å². The van der Waals surface area contributed by atoms with Crippen LogP contribution in [0.1, 0.15) is 33.6 Å². The van der Waals surface area contributed by atoms with Gasteiger partial charge in [0.25, 0.3) is 0 Å². The smallest absolute Gasteiger partial charge is 0.410 e. The van der Waals surface area contributed by atoms with Crippen LogP contribution < -0.4 is 10.1 Å². The van der Waals surface area contributed by atoms with Gasteiger partial charge < -0.3 is 19.7 Å². The monoisotopic (exact) mass is 485 g/mol. The summed E-state index contributed by atoms with van der Waals surface area (Å²) >= 11 is 0. The number of carbonyl (C=O) groups excluding carboxylic acids is 1. The molecule has 1 aromatic heterocycles. The Morgan fingerprint density at radius 3 is 2.44 bits per heavy atom. The number of nitrogens with one attached hydrogen (secondary N) is 1. The average Bonchev–Trinajstić information content (AvgIpc) is 3.14. The minimum atomic E-state index is -4.55. The Morgan fingerprint density at radius 1 is 1.18 bits per heavy atom. The third kappa shape index (κ3) is 5.89. The first-order valence-electron chi connectivity index (χ1n) is 11.1. The van der Waals surface area contributed by atoms with Crippen LogP contribution in [-0.2, 0) is 11.3 Å². The number of hydrogen-bond donors (Lipinski definition) is 1. The molecule has 1 aliphatic carbocycles. The zero-order chi connectivity index (χ0) is 24.7. The Bertz CT molecular complexity index is 1020. The van der Waals surface area contributed by atoms with Gasteiger partial charge in [-0.3, -0.25) is 0 Å². The van der Waals surface area contributed by atoms with Crippen LogP contribution in [0.5, 0.6) is 11.8 Å². The van der Waals surface area contributed by atoms with E-state index in [1.807, 2.05) is 0 Å². The molecule has 0 radical (unpaired) electrons. The van der Waals surface area contributed by atoms with E-state index in [0.717, 1.165) is 18.9 Å². The van der Waals surface area contributed by atoms with E-state index in [1.54, 1.807) is 25.7 Å². The lowest BCUT2D eigenvalue weighted by molar-refractivity contribution is -0.143. The Kier molecular flexibility index (Phi) is 6.34. The van der Waals surface area contributed by atoms with Crippen molar-refractivity contribution in [2.45, 2.75) is 58.0 Å². The van der Waals surface area contributed by atoms with Crippen LogP contribution in [0, 0.1) is 17.7 Å². The first-order valence-corrected chi connectivity index (χ1v) is 11.1. The zero-order valence-electron chi connectivity index (χ0n) is 19.1. The summed E-state index contributed by atoms with van der Waals surface area (Å²) in [6, 6.07) is 4.53. The summed E-state index contributed by atoms with van der Waals surface area (Å²) in [6.45, 7) is 4.95. The van der Waals surface area contributed by atoms with E-state index in [9.17, 15) is 22.4 Å². The largest absolute Gasteiger partial charge is 0.444 e. The van der Waals surface area contributed by atoms with Gasteiger partial charge in [-0.1, -0.05) is 6.07 Å². The second kappa shape index (κ2) is 8.95. The van der Waals surface area contributed by atoms with Crippen LogP contribution in [0.2, 0.25) is 0 Å². The molecule has 1 aliphatic heterocycles. The van der Waals surface area contributed by atoms with Crippen LogP contribution in [0.15, 0.2) is 24.3 Å². The van der Waals surface area contributed by atoms with Crippen LogP contribution in [-0.4, -0.2) is 56.7 Å². The number of benzene rings is 1. The first kappa shape index (κ1) is 24.1. The molecule has 2 aliphatic rings. The van der Waals surface area contributed by atoms with Crippen LogP contribution in [0.4, 0.5) is 28.3 Å². The number of alkyl halides is 3. The number of fused-ring (bicyclic) bond motifs is 2. The number of halogens is 4. The lowest BCUT2D eigenvalue weighted by Crippen LogP contribution is -2.51. The quantitative estimate of drug-likeness (QED) is 0.611. The Balaban J connectivity index is 1.49. The summed E-state index contributed by atoms with van der Waals surface area (Å²) in [6.07, 6.45) is -3.21. The van der Waals surface area contributed by atoms with E-state index < -0.39 is 30.1 Å². The molecule has 1 aromatic carbocycles. The lowest BCUT2D eigenvalue weighted by atomic mass is 9.92. The molecule has 3 atom stereocenters. The van der Waals surface area contributed by atoms with E-state index in [-0.39, 0.29) is 35.7 Å². The molecule has 1 unspecified atom stereocenters. The van der Waals surface area contributed by atoms with Gasteiger partial charge in [-0.2, -0.15) is 18.2 Å². The summed E-state index contributed by atoms with van der Waals surface area (Å²) in [4.78, 5) is 18.3. The van der Waals surface area contributed by atoms with E-state index in [2.05, 4.69) is 15.4 Å². The number of likely N-dealkylation sites (tertiary alicyclic amines) is 1. The molecule has 12 heteroatoms. The van der Waals surface area contributed by atoms with E-state index in [0.29, 0.717) is 17.8 Å². The highest BCUT2D eigenvalue weighted by Gasteiger charge is 2.45. The summed E-state index contributed by atoms with van der Waals surface area (Å²) in [5.41, 5.74) is -0.599. The molecule has 0 spiro atoms. The number of anilines is 1. The molecule has 4 rings (SSSR count). The Hall–Kier alpha value is -3.05. The number of carbonyl (C=O) groups is 1.